The molecule has 0 aliphatic carbocycles. The van der Waals surface area contributed by atoms with Crippen LogP contribution in [-0.2, 0) is 16.6 Å². The van der Waals surface area contributed by atoms with Crippen LogP contribution >= 0.6 is 0 Å². The molecule has 0 atom stereocenters. The average Bonchev–Trinajstić information content (AvgIpc) is 2.89. The maximum Gasteiger partial charge on any atom is 0.304 e. The molecular weight excluding hydrogens is 291 g/mol. The number of nitro benzene ring substituents is 1. The zero-order valence-electron chi connectivity index (χ0n) is 9.91. The van der Waals surface area contributed by atoms with E-state index in [-0.39, 0.29) is 11.4 Å². The Morgan fingerprint density at radius 1 is 1.40 bits per heavy atom. The highest BCUT2D eigenvalue weighted by Crippen LogP contribution is 2.20. The summed E-state index contributed by atoms with van der Waals surface area (Å²) >= 11 is 0. The third-order valence-electron chi connectivity index (χ3n) is 2.44. The second-order valence-corrected chi connectivity index (χ2v) is 5.54. The Bertz CT molecular complexity index is 730. The summed E-state index contributed by atoms with van der Waals surface area (Å²) in [6, 6.07) is 3.95. The molecule has 1 aromatic carbocycles. The number of nitrogens with zero attached hydrogens (tertiary/aromatic N) is 2. The Balaban J connectivity index is 2.21. The van der Waals surface area contributed by atoms with Crippen molar-refractivity contribution in [1.82, 2.24) is 14.9 Å². The number of nitrogens with one attached hydrogen (secondary N) is 2. The smallest absolute Gasteiger partial charge is 0.281 e. The topological polar surface area (TPSA) is 118 Å². The van der Waals surface area contributed by atoms with Crippen molar-refractivity contribution in [1.29, 1.82) is 0 Å². The number of sulfonamides is 1. The van der Waals surface area contributed by atoms with Gasteiger partial charge in [0.2, 0.25) is 15.8 Å². The van der Waals surface area contributed by atoms with Crippen LogP contribution in [0.1, 0.15) is 5.69 Å². The molecule has 0 bridgehead atoms. The summed E-state index contributed by atoms with van der Waals surface area (Å²) in [7, 11) is -3.96. The van der Waals surface area contributed by atoms with Crippen LogP contribution in [0.25, 0.3) is 0 Å². The number of benzene rings is 1. The molecular formula is C10H9FN4O4S. The largest absolute Gasteiger partial charge is 0.304 e. The molecule has 2 rings (SSSR count). The van der Waals surface area contributed by atoms with Gasteiger partial charge in [-0.25, -0.2) is 13.1 Å². The summed E-state index contributed by atoms with van der Waals surface area (Å²) in [6.45, 7) is -0.0546. The lowest BCUT2D eigenvalue weighted by molar-refractivity contribution is -0.387. The highest BCUT2D eigenvalue weighted by Gasteiger charge is 2.20. The molecule has 1 aromatic heterocycles. The van der Waals surface area contributed by atoms with Gasteiger partial charge in [-0.1, -0.05) is 0 Å². The molecule has 0 unspecified atom stereocenters. The lowest BCUT2D eigenvalue weighted by Gasteiger charge is -2.05. The second kappa shape index (κ2) is 5.35. The monoisotopic (exact) mass is 300 g/mol. The summed E-state index contributed by atoms with van der Waals surface area (Å²) in [5, 5.41) is 16.7. The van der Waals surface area contributed by atoms with Gasteiger partial charge < -0.3 is 0 Å². The Morgan fingerprint density at radius 2 is 2.15 bits per heavy atom. The zero-order chi connectivity index (χ0) is 14.8. The van der Waals surface area contributed by atoms with E-state index in [1.54, 1.807) is 6.07 Å². The van der Waals surface area contributed by atoms with Gasteiger partial charge in [0.05, 0.1) is 22.1 Å². The summed E-state index contributed by atoms with van der Waals surface area (Å²) in [4.78, 5) is 9.14. The molecule has 0 saturated carbocycles. The third kappa shape index (κ3) is 2.97. The lowest BCUT2D eigenvalue weighted by Crippen LogP contribution is -2.23. The summed E-state index contributed by atoms with van der Waals surface area (Å²) in [5.41, 5.74) is -0.256. The van der Waals surface area contributed by atoms with Crippen molar-refractivity contribution in [3.63, 3.8) is 0 Å². The van der Waals surface area contributed by atoms with Crippen molar-refractivity contribution in [3.8, 4) is 0 Å². The van der Waals surface area contributed by atoms with Crippen molar-refractivity contribution in [3.05, 3.63) is 52.1 Å². The van der Waals surface area contributed by atoms with Crippen LogP contribution in [-0.4, -0.2) is 23.5 Å². The van der Waals surface area contributed by atoms with Crippen LogP contribution in [0.4, 0.5) is 10.1 Å². The van der Waals surface area contributed by atoms with Crippen molar-refractivity contribution in [2.24, 2.45) is 0 Å². The Labute approximate surface area is 112 Å². The first-order chi connectivity index (χ1) is 9.40. The number of rotatable bonds is 5. The number of halogens is 1. The zero-order valence-corrected chi connectivity index (χ0v) is 10.7. The number of H-pyrrole nitrogens is 1. The third-order valence-corrected chi connectivity index (χ3v) is 3.84. The number of nitro groups is 1. The van der Waals surface area contributed by atoms with Gasteiger partial charge in [0.25, 0.3) is 0 Å². The molecule has 10 heteroatoms. The van der Waals surface area contributed by atoms with Gasteiger partial charge in [0.15, 0.2) is 0 Å². The van der Waals surface area contributed by atoms with E-state index in [0.717, 1.165) is 12.1 Å². The van der Waals surface area contributed by atoms with Gasteiger partial charge in [-0.3, -0.25) is 15.2 Å². The van der Waals surface area contributed by atoms with Gasteiger partial charge >= 0.3 is 5.69 Å². The SMILES string of the molecule is O=[N+]([O-])c1ccc(S(=O)(=O)NCc2ccn[nH]2)cc1F. The molecule has 0 aliphatic rings. The predicted octanol–water partition coefficient (Wildman–Crippen LogP) is 0.935. The fraction of sp³-hybridized carbons (Fsp3) is 0.100. The first kappa shape index (κ1) is 14.1. The van der Waals surface area contributed by atoms with E-state index < -0.39 is 26.5 Å². The van der Waals surface area contributed by atoms with E-state index in [4.69, 9.17) is 0 Å². The Morgan fingerprint density at radius 3 is 2.70 bits per heavy atom. The molecule has 0 aliphatic heterocycles. The highest BCUT2D eigenvalue weighted by molar-refractivity contribution is 7.89. The maximum atomic E-state index is 13.4. The van der Waals surface area contributed by atoms with Crippen molar-refractivity contribution < 1.29 is 17.7 Å². The minimum absolute atomic E-state index is 0.0546. The summed E-state index contributed by atoms with van der Waals surface area (Å²) in [6.07, 6.45) is 1.45. The first-order valence-electron chi connectivity index (χ1n) is 5.32. The van der Waals surface area contributed by atoms with Gasteiger partial charge in [-0.2, -0.15) is 9.49 Å². The molecule has 0 amide bonds. The number of aromatic nitrogens is 2. The van der Waals surface area contributed by atoms with Crippen LogP contribution in [0.3, 0.4) is 0 Å². The number of aromatic amines is 1. The molecule has 0 saturated heterocycles. The van der Waals surface area contributed by atoms with Crippen LogP contribution in [0.2, 0.25) is 0 Å². The normalized spacial score (nSPS) is 11.4. The molecule has 0 fully saturated rings. The lowest BCUT2D eigenvalue weighted by atomic mass is 10.3. The number of hydrogen-bond acceptors (Lipinski definition) is 5. The minimum atomic E-state index is -3.96. The van der Waals surface area contributed by atoms with Crippen LogP contribution in [0, 0.1) is 15.9 Å². The van der Waals surface area contributed by atoms with Crippen LogP contribution < -0.4 is 4.72 Å². The molecule has 2 aromatic rings. The van der Waals surface area contributed by atoms with Crippen LogP contribution in [0.15, 0.2) is 35.4 Å². The van der Waals surface area contributed by atoms with Crippen molar-refractivity contribution in [2.45, 2.75) is 11.4 Å². The van der Waals surface area contributed by atoms with E-state index in [2.05, 4.69) is 14.9 Å². The van der Waals surface area contributed by atoms with Crippen molar-refractivity contribution >= 4 is 15.7 Å². The van der Waals surface area contributed by atoms with Gasteiger partial charge in [0, 0.05) is 18.3 Å². The van der Waals surface area contributed by atoms with Crippen LogP contribution in [0.5, 0.6) is 0 Å². The van der Waals surface area contributed by atoms with Gasteiger partial charge in [0.1, 0.15) is 0 Å². The Kier molecular flexibility index (Phi) is 3.77. The molecule has 8 nitrogen and oxygen atoms in total. The fourth-order valence-corrected chi connectivity index (χ4v) is 2.46. The molecule has 2 N–H and O–H groups in total. The van der Waals surface area contributed by atoms with E-state index in [9.17, 15) is 22.9 Å². The van der Waals surface area contributed by atoms with Crippen molar-refractivity contribution in [2.75, 3.05) is 0 Å². The minimum Gasteiger partial charge on any atom is -0.281 e. The molecule has 106 valence electrons. The molecule has 20 heavy (non-hydrogen) atoms. The van der Waals surface area contributed by atoms with E-state index in [0.29, 0.717) is 11.8 Å². The molecule has 0 radical (unpaired) electrons. The van der Waals surface area contributed by atoms with E-state index in [1.807, 2.05) is 0 Å². The van der Waals surface area contributed by atoms with Gasteiger partial charge in [-0.15, -0.1) is 0 Å². The predicted molar refractivity (Wildman–Crippen MR) is 65.7 cm³/mol. The molecule has 1 heterocycles. The van der Waals surface area contributed by atoms with E-state index in [1.165, 1.54) is 6.20 Å². The average molecular weight is 300 g/mol. The summed E-state index contributed by atoms with van der Waals surface area (Å²) in [5.74, 6) is -1.21. The second-order valence-electron chi connectivity index (χ2n) is 3.78. The fourth-order valence-electron chi connectivity index (χ4n) is 1.44. The molecule has 0 spiro atoms. The first-order valence-corrected chi connectivity index (χ1v) is 6.80. The quantitative estimate of drug-likeness (QED) is 0.629. The standard InChI is InChI=1S/C10H9FN4O4S/c11-9-5-8(1-2-10(9)15(16)17)20(18,19)13-6-7-3-4-12-14-7/h1-5,13H,6H2,(H,12,14). The van der Waals surface area contributed by atoms with E-state index >= 15 is 0 Å². The Hall–Kier alpha value is -2.33. The number of hydrogen-bond donors (Lipinski definition) is 2. The summed E-state index contributed by atoms with van der Waals surface area (Å²) < 4.78 is 39.4. The van der Waals surface area contributed by atoms with Gasteiger partial charge in [-0.05, 0) is 12.1 Å². The highest BCUT2D eigenvalue weighted by atomic mass is 32.2. The maximum absolute atomic E-state index is 13.4.